The number of pyridine rings is 1. The molecule has 0 bridgehead atoms. The number of aromatic nitrogens is 1. The summed E-state index contributed by atoms with van der Waals surface area (Å²) < 4.78 is 24.7. The van der Waals surface area contributed by atoms with Gasteiger partial charge in [0, 0.05) is 49.9 Å². The molecule has 2 heterocycles. The lowest BCUT2D eigenvalue weighted by Crippen LogP contribution is -2.49. The first-order chi connectivity index (χ1) is 15.0. The standard InChI is InChI=1S/C23H23ClFN3O3/c1-30-20-6-4-17(25)13-16(20)14-27-9-11-28(12-10-27)22(29)15-31-21-7-5-19(24)18-3-2-8-26-23(18)21/h2-8,13H,9-12,14-15H2,1H3. The van der Waals surface area contributed by atoms with Crippen LogP contribution in [0.3, 0.4) is 0 Å². The van der Waals surface area contributed by atoms with Gasteiger partial charge in [0.25, 0.3) is 5.91 Å². The molecule has 4 rings (SSSR count). The quantitative estimate of drug-likeness (QED) is 0.580. The summed E-state index contributed by atoms with van der Waals surface area (Å²) in [5.74, 6) is 0.829. The number of ether oxygens (including phenoxy) is 2. The number of piperazine rings is 1. The number of rotatable bonds is 6. The lowest BCUT2D eigenvalue weighted by Gasteiger charge is -2.34. The first-order valence-corrected chi connectivity index (χ1v) is 10.4. The van der Waals surface area contributed by atoms with Gasteiger partial charge in [-0.25, -0.2) is 4.39 Å². The summed E-state index contributed by atoms with van der Waals surface area (Å²) in [7, 11) is 1.58. The first kappa shape index (κ1) is 21.3. The fraction of sp³-hybridized carbons (Fsp3) is 0.304. The molecule has 1 aliphatic heterocycles. The van der Waals surface area contributed by atoms with Crippen molar-refractivity contribution in [3.8, 4) is 11.5 Å². The van der Waals surface area contributed by atoms with E-state index in [0.29, 0.717) is 54.8 Å². The number of amides is 1. The third-order valence-electron chi connectivity index (χ3n) is 5.39. The highest BCUT2D eigenvalue weighted by Crippen LogP contribution is 2.29. The molecular formula is C23H23ClFN3O3. The molecule has 162 valence electrons. The fourth-order valence-corrected chi connectivity index (χ4v) is 3.94. The van der Waals surface area contributed by atoms with Crippen molar-refractivity contribution in [3.05, 3.63) is 65.1 Å². The predicted molar refractivity (Wildman–Crippen MR) is 117 cm³/mol. The fourth-order valence-electron chi connectivity index (χ4n) is 3.73. The number of methoxy groups -OCH3 is 1. The number of halogens is 2. The number of hydrogen-bond acceptors (Lipinski definition) is 5. The first-order valence-electron chi connectivity index (χ1n) is 10.0. The van der Waals surface area contributed by atoms with Gasteiger partial charge >= 0.3 is 0 Å². The molecule has 1 aliphatic rings. The number of fused-ring (bicyclic) bond motifs is 1. The Labute approximate surface area is 185 Å². The monoisotopic (exact) mass is 443 g/mol. The molecule has 2 aromatic carbocycles. The van der Waals surface area contributed by atoms with Crippen LogP contribution >= 0.6 is 11.6 Å². The molecular weight excluding hydrogens is 421 g/mol. The maximum Gasteiger partial charge on any atom is 0.260 e. The highest BCUT2D eigenvalue weighted by atomic mass is 35.5. The highest BCUT2D eigenvalue weighted by molar-refractivity contribution is 6.35. The van der Waals surface area contributed by atoms with Crippen molar-refractivity contribution in [3.63, 3.8) is 0 Å². The minimum Gasteiger partial charge on any atom is -0.496 e. The van der Waals surface area contributed by atoms with Crippen LogP contribution < -0.4 is 9.47 Å². The molecule has 0 saturated carbocycles. The predicted octanol–water partition coefficient (Wildman–Crippen LogP) is 3.76. The number of benzene rings is 2. The average molecular weight is 444 g/mol. The lowest BCUT2D eigenvalue weighted by molar-refractivity contribution is -0.135. The summed E-state index contributed by atoms with van der Waals surface area (Å²) >= 11 is 6.21. The summed E-state index contributed by atoms with van der Waals surface area (Å²) in [5, 5.41) is 1.38. The van der Waals surface area contributed by atoms with E-state index in [-0.39, 0.29) is 18.3 Å². The van der Waals surface area contributed by atoms with Crippen LogP contribution in [-0.4, -0.2) is 60.6 Å². The smallest absolute Gasteiger partial charge is 0.260 e. The molecule has 1 amide bonds. The minimum absolute atomic E-state index is 0.0645. The van der Waals surface area contributed by atoms with E-state index in [2.05, 4.69) is 9.88 Å². The molecule has 0 aliphatic carbocycles. The maximum atomic E-state index is 13.6. The Morgan fingerprint density at radius 1 is 1.13 bits per heavy atom. The third kappa shape index (κ3) is 4.89. The zero-order valence-corrected chi connectivity index (χ0v) is 17.9. The van der Waals surface area contributed by atoms with Crippen molar-refractivity contribution in [1.82, 2.24) is 14.8 Å². The molecule has 0 radical (unpaired) electrons. The average Bonchev–Trinajstić information content (AvgIpc) is 2.79. The van der Waals surface area contributed by atoms with E-state index in [1.54, 1.807) is 36.4 Å². The van der Waals surface area contributed by atoms with Crippen molar-refractivity contribution in [2.45, 2.75) is 6.54 Å². The topological polar surface area (TPSA) is 54.9 Å². The Hall–Kier alpha value is -2.90. The summed E-state index contributed by atoms with van der Waals surface area (Å²) in [6.07, 6.45) is 1.67. The van der Waals surface area contributed by atoms with E-state index in [1.807, 2.05) is 12.1 Å². The van der Waals surface area contributed by atoms with Crippen molar-refractivity contribution in [2.24, 2.45) is 0 Å². The van der Waals surface area contributed by atoms with Gasteiger partial charge in [-0.3, -0.25) is 14.7 Å². The van der Waals surface area contributed by atoms with Gasteiger partial charge in [0.15, 0.2) is 6.61 Å². The summed E-state index contributed by atoms with van der Waals surface area (Å²) in [4.78, 5) is 20.9. The zero-order chi connectivity index (χ0) is 21.8. The molecule has 1 fully saturated rings. The molecule has 3 aromatic rings. The molecule has 1 aromatic heterocycles. The number of carbonyl (C=O) groups is 1. The maximum absolute atomic E-state index is 13.6. The van der Waals surface area contributed by atoms with E-state index in [0.717, 1.165) is 10.9 Å². The Morgan fingerprint density at radius 2 is 1.90 bits per heavy atom. The zero-order valence-electron chi connectivity index (χ0n) is 17.2. The van der Waals surface area contributed by atoms with Gasteiger partial charge in [-0.05, 0) is 42.5 Å². The van der Waals surface area contributed by atoms with Crippen LogP contribution in [0.5, 0.6) is 11.5 Å². The Kier molecular flexibility index (Phi) is 6.53. The van der Waals surface area contributed by atoms with Gasteiger partial charge in [-0.15, -0.1) is 0 Å². The molecule has 31 heavy (non-hydrogen) atoms. The Balaban J connectivity index is 1.32. The van der Waals surface area contributed by atoms with E-state index >= 15 is 0 Å². The molecule has 8 heteroatoms. The summed E-state index contributed by atoms with van der Waals surface area (Å²) in [6.45, 7) is 3.06. The Bertz CT molecular complexity index is 1090. The van der Waals surface area contributed by atoms with Gasteiger partial charge in [0.1, 0.15) is 22.8 Å². The largest absolute Gasteiger partial charge is 0.496 e. The van der Waals surface area contributed by atoms with Gasteiger partial charge in [-0.2, -0.15) is 0 Å². The highest BCUT2D eigenvalue weighted by Gasteiger charge is 2.22. The third-order valence-corrected chi connectivity index (χ3v) is 5.72. The van der Waals surface area contributed by atoms with Gasteiger partial charge in [0.05, 0.1) is 12.1 Å². The summed E-state index contributed by atoms with van der Waals surface area (Å²) in [5.41, 5.74) is 1.43. The Morgan fingerprint density at radius 3 is 2.68 bits per heavy atom. The lowest BCUT2D eigenvalue weighted by atomic mass is 10.1. The van der Waals surface area contributed by atoms with Gasteiger partial charge in [-0.1, -0.05) is 11.6 Å². The molecule has 1 saturated heterocycles. The molecule has 0 spiro atoms. The van der Waals surface area contributed by atoms with Gasteiger partial charge < -0.3 is 14.4 Å². The van der Waals surface area contributed by atoms with Crippen molar-refractivity contribution in [1.29, 1.82) is 0 Å². The molecule has 6 nitrogen and oxygen atoms in total. The van der Waals surface area contributed by atoms with Crippen LogP contribution in [0.4, 0.5) is 4.39 Å². The molecule has 0 unspecified atom stereocenters. The number of carbonyl (C=O) groups excluding carboxylic acids is 1. The van der Waals surface area contributed by atoms with Crippen LogP contribution in [0.2, 0.25) is 5.02 Å². The van der Waals surface area contributed by atoms with E-state index in [1.165, 1.54) is 12.1 Å². The van der Waals surface area contributed by atoms with Crippen molar-refractivity contribution >= 4 is 28.4 Å². The van der Waals surface area contributed by atoms with Gasteiger partial charge in [0.2, 0.25) is 0 Å². The molecule has 0 atom stereocenters. The second-order valence-electron chi connectivity index (χ2n) is 7.35. The van der Waals surface area contributed by atoms with E-state index < -0.39 is 0 Å². The van der Waals surface area contributed by atoms with Crippen LogP contribution in [0.1, 0.15) is 5.56 Å². The van der Waals surface area contributed by atoms with E-state index in [9.17, 15) is 9.18 Å². The summed E-state index contributed by atoms with van der Waals surface area (Å²) in [6, 6.07) is 11.7. The second-order valence-corrected chi connectivity index (χ2v) is 7.75. The molecule has 0 N–H and O–H groups in total. The van der Waals surface area contributed by atoms with E-state index in [4.69, 9.17) is 21.1 Å². The second kappa shape index (κ2) is 9.49. The minimum atomic E-state index is -0.286. The van der Waals surface area contributed by atoms with Crippen LogP contribution in [0.25, 0.3) is 10.9 Å². The number of hydrogen-bond donors (Lipinski definition) is 0. The van der Waals surface area contributed by atoms with Crippen LogP contribution in [-0.2, 0) is 11.3 Å². The normalized spacial score (nSPS) is 14.6. The van der Waals surface area contributed by atoms with Crippen LogP contribution in [0.15, 0.2) is 48.7 Å². The van der Waals surface area contributed by atoms with Crippen molar-refractivity contribution in [2.75, 3.05) is 39.9 Å². The number of nitrogens with zero attached hydrogens (tertiary/aromatic N) is 3. The van der Waals surface area contributed by atoms with Crippen molar-refractivity contribution < 1.29 is 18.7 Å². The SMILES string of the molecule is COc1ccc(F)cc1CN1CCN(C(=O)COc2ccc(Cl)c3cccnc23)CC1. The van der Waals surface area contributed by atoms with Crippen LogP contribution in [0, 0.1) is 5.82 Å².